The van der Waals surface area contributed by atoms with Gasteiger partial charge in [-0.05, 0) is 12.5 Å². The lowest BCUT2D eigenvalue weighted by Gasteiger charge is -2.04. The number of rotatable bonds is 7. The fraction of sp³-hybridized carbons (Fsp3) is 0.333. The van der Waals surface area contributed by atoms with E-state index in [0.29, 0.717) is 6.42 Å². The van der Waals surface area contributed by atoms with Gasteiger partial charge in [-0.25, -0.2) is 0 Å². The summed E-state index contributed by atoms with van der Waals surface area (Å²) in [5.74, 6) is -1.90. The van der Waals surface area contributed by atoms with Gasteiger partial charge in [-0.2, -0.15) is 0 Å². The minimum Gasteiger partial charge on any atom is -0.465 e. The number of esters is 1. The van der Waals surface area contributed by atoms with Crippen LogP contribution in [0.1, 0.15) is 30.1 Å². The summed E-state index contributed by atoms with van der Waals surface area (Å²) >= 11 is 0. The maximum absolute atomic E-state index is 12.0. The van der Waals surface area contributed by atoms with Crippen molar-refractivity contribution in [1.29, 1.82) is 0 Å². The molecule has 0 heterocycles. The first-order valence-electron chi connectivity index (χ1n) is 5.99. The molecule has 1 aromatic rings. The summed E-state index contributed by atoms with van der Waals surface area (Å²) in [6.07, 6.45) is -0.239. The largest absolute Gasteiger partial charge is 0.465 e. The van der Waals surface area contributed by atoms with Crippen LogP contribution < -0.4 is 0 Å². The Morgan fingerprint density at radius 3 is 2.10 bits per heavy atom. The van der Waals surface area contributed by atoms with Crippen LogP contribution in [0.25, 0.3) is 0 Å². The molecule has 0 amide bonds. The van der Waals surface area contributed by atoms with E-state index in [1.807, 2.05) is 0 Å². The number of Topliss-reactive ketones (excluding diaryl/α,β-unsaturated/α-hetero) is 1. The highest BCUT2D eigenvalue weighted by Crippen LogP contribution is 2.29. The highest BCUT2D eigenvalue weighted by Gasteiger charge is 2.31. The molecular formula is C12H12N2O7. The minimum atomic E-state index is -1.02. The molecule has 1 aromatic carbocycles. The second-order valence-corrected chi connectivity index (χ2v) is 4.01. The van der Waals surface area contributed by atoms with Crippen molar-refractivity contribution in [3.05, 3.63) is 44.0 Å². The van der Waals surface area contributed by atoms with Crippen molar-refractivity contribution in [2.75, 3.05) is 6.61 Å². The molecule has 0 fully saturated rings. The first kappa shape index (κ1) is 16.2. The number of nitro benzene ring substituents is 2. The van der Waals surface area contributed by atoms with Gasteiger partial charge in [0.25, 0.3) is 11.4 Å². The molecular weight excluding hydrogens is 284 g/mol. The van der Waals surface area contributed by atoms with Crippen molar-refractivity contribution in [3.8, 4) is 0 Å². The van der Waals surface area contributed by atoms with Gasteiger partial charge in [-0.1, -0.05) is 6.92 Å². The van der Waals surface area contributed by atoms with Crippen molar-refractivity contribution in [2.45, 2.75) is 19.8 Å². The number of ketones is 1. The summed E-state index contributed by atoms with van der Waals surface area (Å²) in [4.78, 5) is 43.3. The van der Waals surface area contributed by atoms with Crippen LogP contribution in [0, 0.1) is 20.2 Å². The van der Waals surface area contributed by atoms with Crippen LogP contribution in [0.5, 0.6) is 0 Å². The fourth-order valence-corrected chi connectivity index (χ4v) is 1.60. The average Bonchev–Trinajstić information content (AvgIpc) is 2.43. The Kier molecular flexibility index (Phi) is 5.47. The normalized spacial score (nSPS) is 9.95. The molecule has 0 aliphatic carbocycles. The lowest BCUT2D eigenvalue weighted by Crippen LogP contribution is -2.14. The number of hydrogen-bond acceptors (Lipinski definition) is 7. The highest BCUT2D eigenvalue weighted by atomic mass is 16.6. The number of nitro groups is 2. The van der Waals surface area contributed by atoms with Crippen molar-refractivity contribution >= 4 is 23.1 Å². The summed E-state index contributed by atoms with van der Waals surface area (Å²) in [5, 5.41) is 21.7. The standard InChI is InChI=1S/C12H12N2O7/c1-2-6-21-11(16)7-10(15)12-8(13(17)18)4-3-5-9(12)14(19)20/h3-5H,2,6-7H2,1H3. The summed E-state index contributed by atoms with van der Waals surface area (Å²) in [5.41, 5.74) is -2.11. The van der Waals surface area contributed by atoms with Crippen LogP contribution >= 0.6 is 0 Å². The van der Waals surface area contributed by atoms with Crippen molar-refractivity contribution in [1.82, 2.24) is 0 Å². The number of hydrogen-bond donors (Lipinski definition) is 0. The van der Waals surface area contributed by atoms with E-state index in [4.69, 9.17) is 0 Å². The molecule has 0 unspecified atom stereocenters. The topological polar surface area (TPSA) is 130 Å². The van der Waals surface area contributed by atoms with E-state index >= 15 is 0 Å². The van der Waals surface area contributed by atoms with Gasteiger partial charge in [0.1, 0.15) is 6.42 Å². The molecule has 9 nitrogen and oxygen atoms in total. The predicted molar refractivity (Wildman–Crippen MR) is 69.9 cm³/mol. The summed E-state index contributed by atoms with van der Waals surface area (Å²) in [6.45, 7) is 1.85. The number of carbonyl (C=O) groups is 2. The molecule has 0 aliphatic rings. The first-order valence-corrected chi connectivity index (χ1v) is 5.99. The van der Waals surface area contributed by atoms with E-state index in [1.165, 1.54) is 0 Å². The maximum atomic E-state index is 12.0. The van der Waals surface area contributed by atoms with E-state index in [9.17, 15) is 29.8 Å². The first-order chi connectivity index (χ1) is 9.88. The molecule has 21 heavy (non-hydrogen) atoms. The van der Waals surface area contributed by atoms with E-state index in [0.717, 1.165) is 18.2 Å². The minimum absolute atomic E-state index is 0.102. The molecule has 0 spiro atoms. The van der Waals surface area contributed by atoms with Gasteiger partial charge in [0.05, 0.1) is 16.5 Å². The molecule has 9 heteroatoms. The second kappa shape index (κ2) is 7.08. The maximum Gasteiger partial charge on any atom is 0.313 e. The Morgan fingerprint density at radius 2 is 1.67 bits per heavy atom. The third kappa shape index (κ3) is 4.06. The van der Waals surface area contributed by atoms with Crippen LogP contribution in [0.15, 0.2) is 18.2 Å². The monoisotopic (exact) mass is 296 g/mol. The molecule has 0 atom stereocenters. The molecule has 0 radical (unpaired) electrons. The van der Waals surface area contributed by atoms with Crippen molar-refractivity contribution in [3.63, 3.8) is 0 Å². The lowest BCUT2D eigenvalue weighted by molar-refractivity contribution is -0.394. The zero-order chi connectivity index (χ0) is 16.0. The molecule has 0 saturated heterocycles. The van der Waals surface area contributed by atoms with Gasteiger partial charge < -0.3 is 4.74 Å². The predicted octanol–water partition coefficient (Wildman–Crippen LogP) is 2.03. The van der Waals surface area contributed by atoms with Gasteiger partial charge in [0, 0.05) is 12.1 Å². The smallest absolute Gasteiger partial charge is 0.313 e. The molecule has 1 rings (SSSR count). The van der Waals surface area contributed by atoms with Crippen LogP contribution in [-0.4, -0.2) is 28.2 Å². The van der Waals surface area contributed by atoms with Crippen molar-refractivity contribution in [2.24, 2.45) is 0 Å². The Labute approximate surface area is 118 Å². The molecule has 112 valence electrons. The van der Waals surface area contributed by atoms with Crippen LogP contribution in [0.3, 0.4) is 0 Å². The zero-order valence-electron chi connectivity index (χ0n) is 11.1. The lowest BCUT2D eigenvalue weighted by atomic mass is 10.0. The molecule has 0 aromatic heterocycles. The van der Waals surface area contributed by atoms with Gasteiger partial charge in [0.15, 0.2) is 11.3 Å². The quantitative estimate of drug-likeness (QED) is 0.247. The summed E-state index contributed by atoms with van der Waals surface area (Å²) in [6, 6.07) is 3.04. The Hall–Kier alpha value is -2.84. The van der Waals surface area contributed by atoms with Gasteiger partial charge in [0.2, 0.25) is 0 Å². The number of benzene rings is 1. The highest BCUT2D eigenvalue weighted by molar-refractivity contribution is 6.10. The third-order valence-corrected chi connectivity index (χ3v) is 2.46. The van der Waals surface area contributed by atoms with Gasteiger partial charge in [-0.15, -0.1) is 0 Å². The molecule has 0 saturated carbocycles. The number of nitrogens with zero attached hydrogens (tertiary/aromatic N) is 2. The SMILES string of the molecule is CCCOC(=O)CC(=O)c1c([N+](=O)[O-])cccc1[N+](=O)[O-]. The average molecular weight is 296 g/mol. The van der Waals surface area contributed by atoms with Crippen LogP contribution in [0.4, 0.5) is 11.4 Å². The zero-order valence-corrected chi connectivity index (χ0v) is 11.1. The summed E-state index contributed by atoms with van der Waals surface area (Å²) < 4.78 is 4.68. The number of ether oxygens (including phenoxy) is 1. The Bertz CT molecular complexity index is 565. The Morgan fingerprint density at radius 1 is 1.14 bits per heavy atom. The number of carbonyl (C=O) groups excluding carboxylic acids is 2. The molecule has 0 aliphatic heterocycles. The van der Waals surface area contributed by atoms with Crippen molar-refractivity contribution < 1.29 is 24.2 Å². The Balaban J connectivity index is 3.14. The second-order valence-electron chi connectivity index (χ2n) is 4.01. The van der Waals surface area contributed by atoms with E-state index in [1.54, 1.807) is 6.92 Å². The van der Waals surface area contributed by atoms with E-state index < -0.39 is 45.0 Å². The fourth-order valence-electron chi connectivity index (χ4n) is 1.60. The third-order valence-electron chi connectivity index (χ3n) is 2.46. The van der Waals surface area contributed by atoms with E-state index in [-0.39, 0.29) is 6.61 Å². The van der Waals surface area contributed by atoms with E-state index in [2.05, 4.69) is 4.74 Å². The molecule has 0 bridgehead atoms. The molecule has 0 N–H and O–H groups in total. The van der Waals surface area contributed by atoms with Gasteiger partial charge in [-0.3, -0.25) is 29.8 Å². The van der Waals surface area contributed by atoms with Crippen LogP contribution in [0.2, 0.25) is 0 Å². The van der Waals surface area contributed by atoms with Gasteiger partial charge >= 0.3 is 5.97 Å². The van der Waals surface area contributed by atoms with Crippen LogP contribution in [-0.2, 0) is 9.53 Å². The summed E-state index contributed by atoms with van der Waals surface area (Å²) in [7, 11) is 0.